The second kappa shape index (κ2) is 6.67. The number of carbonyl (C=O) groups excluding carboxylic acids is 1. The van der Waals surface area contributed by atoms with Crippen molar-refractivity contribution in [3.63, 3.8) is 0 Å². The zero-order valence-corrected chi connectivity index (χ0v) is 13.1. The van der Waals surface area contributed by atoms with E-state index in [2.05, 4.69) is 39.6 Å². The van der Waals surface area contributed by atoms with Crippen molar-refractivity contribution in [1.29, 1.82) is 0 Å². The molecule has 0 N–H and O–H groups in total. The number of aromatic nitrogens is 1. The maximum atomic E-state index is 11.6. The zero-order chi connectivity index (χ0) is 14.5. The second-order valence-corrected chi connectivity index (χ2v) is 5.59. The Bertz CT molecular complexity index is 400. The molecule has 0 aliphatic heterocycles. The molecule has 0 unspecified atom stereocenters. The van der Waals surface area contributed by atoms with Crippen LogP contribution in [0.15, 0.2) is 12.1 Å². The van der Waals surface area contributed by atoms with E-state index in [1.807, 2.05) is 26.0 Å². The molecule has 1 aromatic heterocycles. The lowest BCUT2D eigenvalue weighted by Gasteiger charge is -2.22. The van der Waals surface area contributed by atoms with E-state index in [1.54, 1.807) is 6.92 Å². The van der Waals surface area contributed by atoms with Gasteiger partial charge in [0.1, 0.15) is 5.69 Å². The predicted molar refractivity (Wildman–Crippen MR) is 78.4 cm³/mol. The smallest absolute Gasteiger partial charge is 0.178 e. The van der Waals surface area contributed by atoms with Crippen molar-refractivity contribution in [1.82, 2.24) is 4.98 Å². The highest BCUT2D eigenvalue weighted by Gasteiger charge is 2.21. The first-order valence-corrected chi connectivity index (χ1v) is 6.76. The third-order valence-electron chi connectivity index (χ3n) is 2.65. The second-order valence-electron chi connectivity index (χ2n) is 5.59. The summed E-state index contributed by atoms with van der Waals surface area (Å²) in [6, 6.07) is 4.07. The molecule has 0 saturated heterocycles. The molecule has 0 amide bonds. The summed E-state index contributed by atoms with van der Waals surface area (Å²) in [5, 5.41) is 0. The molecular formula is C16H27NO. The maximum absolute atomic E-state index is 11.6. The van der Waals surface area contributed by atoms with Gasteiger partial charge in [0.05, 0.1) is 0 Å². The van der Waals surface area contributed by atoms with Gasteiger partial charge in [-0.1, -0.05) is 54.5 Å². The summed E-state index contributed by atoms with van der Waals surface area (Å²) in [5.41, 5.74) is 2.60. The highest BCUT2D eigenvalue weighted by atomic mass is 16.1. The summed E-state index contributed by atoms with van der Waals surface area (Å²) in [6.07, 6.45) is 0. The Kier molecular flexibility index (Phi) is 6.23. The minimum Gasteiger partial charge on any atom is -0.293 e. The van der Waals surface area contributed by atoms with Crippen LogP contribution in [0.3, 0.4) is 0 Å². The molecule has 1 aromatic rings. The minimum absolute atomic E-state index is 0.0382. The molecule has 102 valence electrons. The molecule has 0 aliphatic carbocycles. The SMILES string of the molecule is CC.CC(=O)c1nc(C(C)C)ccc1C(C)(C)C. The van der Waals surface area contributed by atoms with Gasteiger partial charge in [-0.15, -0.1) is 0 Å². The largest absolute Gasteiger partial charge is 0.293 e. The Morgan fingerprint density at radius 2 is 1.67 bits per heavy atom. The fourth-order valence-electron chi connectivity index (χ4n) is 1.67. The van der Waals surface area contributed by atoms with Crippen LogP contribution in [0.2, 0.25) is 0 Å². The molecule has 0 aromatic carbocycles. The van der Waals surface area contributed by atoms with Gasteiger partial charge in [0, 0.05) is 12.6 Å². The molecule has 18 heavy (non-hydrogen) atoms. The van der Waals surface area contributed by atoms with Crippen molar-refractivity contribution >= 4 is 5.78 Å². The van der Waals surface area contributed by atoms with Gasteiger partial charge in [-0.05, 0) is 23.0 Å². The minimum atomic E-state index is -0.0382. The van der Waals surface area contributed by atoms with Crippen molar-refractivity contribution < 1.29 is 4.79 Å². The summed E-state index contributed by atoms with van der Waals surface area (Å²) < 4.78 is 0. The quantitative estimate of drug-likeness (QED) is 0.709. The predicted octanol–water partition coefficient (Wildman–Crippen LogP) is 4.73. The molecule has 0 bridgehead atoms. The number of nitrogens with zero attached hydrogens (tertiary/aromatic N) is 1. The highest BCUT2D eigenvalue weighted by Crippen LogP contribution is 2.26. The van der Waals surface area contributed by atoms with Gasteiger partial charge in [-0.25, -0.2) is 4.98 Å². The molecule has 1 heterocycles. The average Bonchev–Trinajstić information content (AvgIpc) is 2.29. The van der Waals surface area contributed by atoms with Crippen LogP contribution in [0.25, 0.3) is 0 Å². The summed E-state index contributed by atoms with van der Waals surface area (Å²) in [6.45, 7) is 16.1. The van der Waals surface area contributed by atoms with E-state index in [9.17, 15) is 4.79 Å². The van der Waals surface area contributed by atoms with Crippen LogP contribution in [-0.4, -0.2) is 10.8 Å². The van der Waals surface area contributed by atoms with Crippen LogP contribution < -0.4 is 0 Å². The van der Waals surface area contributed by atoms with E-state index in [1.165, 1.54) is 0 Å². The van der Waals surface area contributed by atoms with Crippen LogP contribution in [0.4, 0.5) is 0 Å². The molecule has 2 heteroatoms. The Balaban J connectivity index is 0.00000137. The van der Waals surface area contributed by atoms with Gasteiger partial charge in [0.2, 0.25) is 0 Å². The fraction of sp³-hybridized carbons (Fsp3) is 0.625. The molecule has 0 atom stereocenters. The number of hydrogen-bond acceptors (Lipinski definition) is 2. The Morgan fingerprint density at radius 1 is 1.17 bits per heavy atom. The average molecular weight is 249 g/mol. The van der Waals surface area contributed by atoms with Crippen LogP contribution >= 0.6 is 0 Å². The van der Waals surface area contributed by atoms with Gasteiger partial charge < -0.3 is 0 Å². The monoisotopic (exact) mass is 249 g/mol. The van der Waals surface area contributed by atoms with Crippen LogP contribution in [0.1, 0.15) is 83.1 Å². The lowest BCUT2D eigenvalue weighted by molar-refractivity contribution is 0.101. The van der Waals surface area contributed by atoms with Crippen molar-refractivity contribution in [3.05, 3.63) is 29.1 Å². The number of Topliss-reactive ketones (excluding diaryl/α,β-unsaturated/α-hetero) is 1. The van der Waals surface area contributed by atoms with Crippen molar-refractivity contribution in [2.75, 3.05) is 0 Å². The number of carbonyl (C=O) groups is 1. The van der Waals surface area contributed by atoms with E-state index < -0.39 is 0 Å². The van der Waals surface area contributed by atoms with Crippen LogP contribution in [-0.2, 0) is 5.41 Å². The molecule has 0 fully saturated rings. The highest BCUT2D eigenvalue weighted by molar-refractivity contribution is 5.94. The Morgan fingerprint density at radius 3 is 2.00 bits per heavy atom. The van der Waals surface area contributed by atoms with E-state index in [0.29, 0.717) is 11.6 Å². The molecule has 0 saturated carbocycles. The van der Waals surface area contributed by atoms with Gasteiger partial charge in [-0.3, -0.25) is 4.79 Å². The molecule has 0 aliphatic rings. The summed E-state index contributed by atoms with van der Waals surface area (Å²) in [5.74, 6) is 0.402. The summed E-state index contributed by atoms with van der Waals surface area (Å²) in [7, 11) is 0. The Labute approximate surface area is 112 Å². The fourth-order valence-corrected chi connectivity index (χ4v) is 1.67. The summed E-state index contributed by atoms with van der Waals surface area (Å²) >= 11 is 0. The molecule has 0 spiro atoms. The third-order valence-corrected chi connectivity index (χ3v) is 2.65. The van der Waals surface area contributed by atoms with Gasteiger partial charge in [0.25, 0.3) is 0 Å². The van der Waals surface area contributed by atoms with Crippen molar-refractivity contribution in [3.8, 4) is 0 Å². The van der Waals surface area contributed by atoms with E-state index in [-0.39, 0.29) is 11.2 Å². The lowest BCUT2D eigenvalue weighted by atomic mass is 9.84. The van der Waals surface area contributed by atoms with E-state index in [4.69, 9.17) is 0 Å². The van der Waals surface area contributed by atoms with Crippen LogP contribution in [0, 0.1) is 0 Å². The van der Waals surface area contributed by atoms with Crippen molar-refractivity contribution in [2.45, 2.75) is 66.7 Å². The first kappa shape index (κ1) is 16.8. The van der Waals surface area contributed by atoms with Crippen molar-refractivity contribution in [2.24, 2.45) is 0 Å². The lowest BCUT2D eigenvalue weighted by Crippen LogP contribution is -2.18. The van der Waals surface area contributed by atoms with Crippen LogP contribution in [0.5, 0.6) is 0 Å². The van der Waals surface area contributed by atoms with Gasteiger partial charge in [-0.2, -0.15) is 0 Å². The molecule has 1 rings (SSSR count). The maximum Gasteiger partial charge on any atom is 0.178 e. The number of pyridine rings is 1. The first-order valence-electron chi connectivity index (χ1n) is 6.76. The number of hydrogen-bond donors (Lipinski definition) is 0. The summed E-state index contributed by atoms with van der Waals surface area (Å²) in [4.78, 5) is 16.1. The zero-order valence-electron chi connectivity index (χ0n) is 13.1. The first-order chi connectivity index (χ1) is 8.23. The van der Waals surface area contributed by atoms with Gasteiger partial charge in [0.15, 0.2) is 5.78 Å². The standard InChI is InChI=1S/C14H21NO.C2H6/c1-9(2)12-8-7-11(14(4,5)6)13(15-12)10(3)16;1-2/h7-9H,1-6H3;1-2H3. The number of ketones is 1. The van der Waals surface area contributed by atoms with E-state index >= 15 is 0 Å². The molecule has 2 nitrogen and oxygen atoms in total. The van der Waals surface area contributed by atoms with E-state index in [0.717, 1.165) is 11.3 Å². The Hall–Kier alpha value is -1.18. The number of rotatable bonds is 2. The van der Waals surface area contributed by atoms with Gasteiger partial charge >= 0.3 is 0 Å². The third kappa shape index (κ3) is 4.25. The normalized spacial score (nSPS) is 10.9. The molecular weight excluding hydrogens is 222 g/mol. The topological polar surface area (TPSA) is 30.0 Å². The molecule has 0 radical (unpaired) electrons.